The molecule has 0 aliphatic heterocycles. The number of para-hydroxylation sites is 3. The quantitative estimate of drug-likeness (QED) is 0.173. The van der Waals surface area contributed by atoms with Gasteiger partial charge in [0.05, 0.1) is 22.1 Å². The van der Waals surface area contributed by atoms with Crippen molar-refractivity contribution >= 4 is 65.6 Å². The van der Waals surface area contributed by atoms with Crippen molar-refractivity contribution in [1.29, 1.82) is 0 Å². The summed E-state index contributed by atoms with van der Waals surface area (Å²) in [5, 5.41) is 7.20. The Morgan fingerprint density at radius 2 is 0.702 bits per heavy atom. The maximum Gasteiger partial charge on any atom is 0.136 e. The molecule has 12 rings (SSSR count). The number of fused-ring (bicyclic) bond motifs is 9. The van der Waals surface area contributed by atoms with E-state index in [1.54, 1.807) is 0 Å². The van der Waals surface area contributed by atoms with Gasteiger partial charge in [-0.15, -0.1) is 0 Å². The van der Waals surface area contributed by atoms with E-state index in [-0.39, 0.29) is 0 Å². The Balaban J connectivity index is 1.06. The first-order chi connectivity index (χ1) is 28.2. The smallest absolute Gasteiger partial charge is 0.136 e. The summed E-state index contributed by atoms with van der Waals surface area (Å²) < 4.78 is 11.1. The van der Waals surface area contributed by atoms with Crippen molar-refractivity contribution < 1.29 is 4.42 Å². The summed E-state index contributed by atoms with van der Waals surface area (Å²) in [6, 6.07) is 74.6. The topological polar surface area (TPSA) is 23.0 Å². The molecule has 0 unspecified atom stereocenters. The lowest BCUT2D eigenvalue weighted by molar-refractivity contribution is 0.669. The first-order valence-corrected chi connectivity index (χ1v) is 19.5. The fraction of sp³-hybridized carbons (Fsp3) is 0. The van der Waals surface area contributed by atoms with Crippen molar-refractivity contribution in [2.45, 2.75) is 0 Å². The van der Waals surface area contributed by atoms with Gasteiger partial charge in [0, 0.05) is 43.7 Å². The molecule has 266 valence electrons. The number of rotatable bonds is 5. The van der Waals surface area contributed by atoms with Crippen molar-refractivity contribution in [3.63, 3.8) is 0 Å². The highest BCUT2D eigenvalue weighted by Gasteiger charge is 2.18. The fourth-order valence-electron chi connectivity index (χ4n) is 9.03. The van der Waals surface area contributed by atoms with Crippen LogP contribution in [0.4, 0.5) is 0 Å². The molecule has 0 amide bonds. The Bertz CT molecular complexity index is 3510. The second-order valence-electron chi connectivity index (χ2n) is 14.9. The third-order valence-electron chi connectivity index (χ3n) is 11.7. The molecule has 0 bridgehead atoms. The summed E-state index contributed by atoms with van der Waals surface area (Å²) in [6.45, 7) is 0. The van der Waals surface area contributed by atoms with E-state index < -0.39 is 0 Å². The van der Waals surface area contributed by atoms with Gasteiger partial charge in [-0.25, -0.2) is 0 Å². The van der Waals surface area contributed by atoms with Crippen LogP contribution in [0.1, 0.15) is 0 Å². The second kappa shape index (κ2) is 12.5. The van der Waals surface area contributed by atoms with Crippen molar-refractivity contribution in [2.75, 3.05) is 0 Å². The average molecular weight is 727 g/mol. The first-order valence-electron chi connectivity index (χ1n) is 19.5. The van der Waals surface area contributed by atoms with Crippen LogP contribution in [0.5, 0.6) is 0 Å². The van der Waals surface area contributed by atoms with Crippen LogP contribution in [0.3, 0.4) is 0 Å². The van der Waals surface area contributed by atoms with E-state index in [0.29, 0.717) is 0 Å². The van der Waals surface area contributed by atoms with E-state index in [1.807, 2.05) is 12.1 Å². The largest absolute Gasteiger partial charge is 0.456 e. The molecule has 3 heterocycles. The molecule has 0 radical (unpaired) electrons. The lowest BCUT2D eigenvalue weighted by Crippen LogP contribution is -1.94. The van der Waals surface area contributed by atoms with E-state index >= 15 is 0 Å². The van der Waals surface area contributed by atoms with Gasteiger partial charge in [0.25, 0.3) is 0 Å². The van der Waals surface area contributed by atoms with Crippen LogP contribution < -0.4 is 0 Å². The predicted octanol–water partition coefficient (Wildman–Crippen LogP) is 14.8. The monoisotopic (exact) mass is 726 g/mol. The summed E-state index contributed by atoms with van der Waals surface area (Å²) in [5.41, 5.74) is 15.9. The third kappa shape index (κ3) is 4.99. The predicted molar refractivity (Wildman–Crippen MR) is 239 cm³/mol. The zero-order chi connectivity index (χ0) is 37.5. The fourth-order valence-corrected chi connectivity index (χ4v) is 9.03. The number of hydrogen-bond donors (Lipinski definition) is 0. The number of aromatic nitrogens is 2. The van der Waals surface area contributed by atoms with Gasteiger partial charge in [-0.05, 0) is 118 Å². The summed E-state index contributed by atoms with van der Waals surface area (Å²) >= 11 is 0. The van der Waals surface area contributed by atoms with Gasteiger partial charge in [-0.1, -0.05) is 121 Å². The van der Waals surface area contributed by atoms with Crippen LogP contribution in [0, 0.1) is 0 Å². The van der Waals surface area contributed by atoms with Gasteiger partial charge in [-0.2, -0.15) is 0 Å². The lowest BCUT2D eigenvalue weighted by atomic mass is 9.99. The van der Waals surface area contributed by atoms with Crippen molar-refractivity contribution in [3.05, 3.63) is 206 Å². The zero-order valence-corrected chi connectivity index (χ0v) is 30.9. The van der Waals surface area contributed by atoms with E-state index in [9.17, 15) is 0 Å². The molecule has 3 aromatic heterocycles. The minimum atomic E-state index is 0.903. The van der Waals surface area contributed by atoms with E-state index in [4.69, 9.17) is 4.42 Å². The van der Waals surface area contributed by atoms with Crippen molar-refractivity contribution in [1.82, 2.24) is 9.13 Å². The number of nitrogens with zero attached hydrogens (tertiary/aromatic N) is 2. The average Bonchev–Trinajstić information content (AvgIpc) is 3.93. The van der Waals surface area contributed by atoms with Crippen molar-refractivity contribution in [2.24, 2.45) is 0 Å². The molecular formula is C54H34N2O. The van der Waals surface area contributed by atoms with Gasteiger partial charge < -0.3 is 13.6 Å². The van der Waals surface area contributed by atoms with Crippen LogP contribution >= 0.6 is 0 Å². The van der Waals surface area contributed by atoms with Crippen LogP contribution in [0.2, 0.25) is 0 Å². The summed E-state index contributed by atoms with van der Waals surface area (Å²) in [5.74, 6) is 0. The number of furan rings is 1. The van der Waals surface area contributed by atoms with Gasteiger partial charge in [-0.3, -0.25) is 0 Å². The highest BCUT2D eigenvalue weighted by molar-refractivity contribution is 6.14. The van der Waals surface area contributed by atoms with Gasteiger partial charge in [0.2, 0.25) is 0 Å². The standard InChI is InChI=1S/C54H34N2O/c1-3-12-35(13-4-1)36-14-11-17-42(30-36)56-51-28-24-38(37-23-27-50-46(31-37)43-18-7-9-20-49(43)55(50)41-15-5-2-6-16-41)32-47(51)48-33-39(25-29-52(48)56)40-22-26-45-44-19-8-10-21-53(44)57-54(45)34-40/h1-34H. The number of hydrogen-bond acceptors (Lipinski definition) is 1. The van der Waals surface area contributed by atoms with Gasteiger partial charge >= 0.3 is 0 Å². The molecule has 0 saturated carbocycles. The normalized spacial score (nSPS) is 11.9. The molecule has 12 aromatic rings. The second-order valence-corrected chi connectivity index (χ2v) is 14.9. The molecule has 57 heavy (non-hydrogen) atoms. The van der Waals surface area contributed by atoms with Crippen LogP contribution in [0.25, 0.3) is 110 Å². The van der Waals surface area contributed by atoms with E-state index in [0.717, 1.165) is 44.4 Å². The summed E-state index contributed by atoms with van der Waals surface area (Å²) in [4.78, 5) is 0. The molecule has 0 saturated heterocycles. The van der Waals surface area contributed by atoms with Gasteiger partial charge in [0.15, 0.2) is 0 Å². The molecule has 0 aliphatic rings. The third-order valence-corrected chi connectivity index (χ3v) is 11.7. The summed E-state index contributed by atoms with van der Waals surface area (Å²) in [6.07, 6.45) is 0. The zero-order valence-electron chi connectivity index (χ0n) is 30.9. The maximum absolute atomic E-state index is 6.32. The molecule has 0 atom stereocenters. The van der Waals surface area contributed by atoms with E-state index in [2.05, 4.69) is 203 Å². The molecule has 0 N–H and O–H groups in total. The minimum absolute atomic E-state index is 0.903. The molecule has 0 aliphatic carbocycles. The Labute approximate surface area is 328 Å². The SMILES string of the molecule is c1ccc(-c2cccc(-n3c4ccc(-c5ccc6c(c5)oc5ccccc56)cc4c4cc(-c5ccc6c(c5)c5ccccc5n6-c5ccccc5)ccc43)c2)cc1. The number of benzene rings is 9. The minimum Gasteiger partial charge on any atom is -0.456 e. The van der Waals surface area contributed by atoms with Crippen LogP contribution in [0.15, 0.2) is 211 Å². The Morgan fingerprint density at radius 1 is 0.246 bits per heavy atom. The lowest BCUT2D eigenvalue weighted by Gasteiger charge is -2.11. The van der Waals surface area contributed by atoms with E-state index in [1.165, 1.54) is 65.9 Å². The molecule has 0 fully saturated rings. The Hall–Kier alpha value is -7.62. The molecular weight excluding hydrogens is 693 g/mol. The molecule has 0 spiro atoms. The highest BCUT2D eigenvalue weighted by Crippen LogP contribution is 2.41. The molecule has 3 nitrogen and oxygen atoms in total. The van der Waals surface area contributed by atoms with Crippen molar-refractivity contribution in [3.8, 4) is 44.8 Å². The molecule has 3 heteroatoms. The maximum atomic E-state index is 6.32. The van der Waals surface area contributed by atoms with Gasteiger partial charge in [0.1, 0.15) is 11.2 Å². The Morgan fingerprint density at radius 3 is 1.40 bits per heavy atom. The van der Waals surface area contributed by atoms with Crippen LogP contribution in [-0.4, -0.2) is 9.13 Å². The molecule has 9 aromatic carbocycles. The summed E-state index contributed by atoms with van der Waals surface area (Å²) in [7, 11) is 0. The van der Waals surface area contributed by atoms with Crippen LogP contribution in [-0.2, 0) is 0 Å². The first kappa shape index (κ1) is 31.7. The Kier molecular flexibility index (Phi) is 6.93. The highest BCUT2D eigenvalue weighted by atomic mass is 16.3.